The van der Waals surface area contributed by atoms with Crippen LogP contribution in [0.3, 0.4) is 0 Å². The van der Waals surface area contributed by atoms with Crippen LogP contribution in [-0.2, 0) is 46.7 Å². The Hall–Kier alpha value is -3.85. The molecule has 5 rings (SSSR count). The normalized spacial score (nSPS) is 18.8. The van der Waals surface area contributed by atoms with Crippen molar-refractivity contribution < 1.29 is 43.9 Å². The summed E-state index contributed by atoms with van der Waals surface area (Å²) in [4.78, 5) is 3.39. The second-order valence-electron chi connectivity index (χ2n) is 12.2. The standard InChI is InChI=1S/C34H38N4O10S4/c1-24-7-13-28(14-8-24)50(43,44)33-19-20-36(51(45,46)29-15-9-25(2)10-16-29)21-27-5-4-6-31(35-27)34(49(41)42)38(32(22-39)37(33)23-40)52(47,48)30-17-11-26(3)12-18-30/h4-18,32-33,39-40H,19-23H2,1-3H3. The quantitative estimate of drug-likeness (QED) is 0.247. The average molecular weight is 791 g/mol. The van der Waals surface area contributed by atoms with Gasteiger partial charge in [-0.15, -0.1) is 4.31 Å². The number of pyridine rings is 1. The number of fused-ring (bicyclic) bond motifs is 2. The smallest absolute Gasteiger partial charge is 0.249 e. The highest BCUT2D eigenvalue weighted by molar-refractivity contribution is 7.92. The van der Waals surface area contributed by atoms with E-state index in [9.17, 15) is 43.9 Å². The molecule has 1 aliphatic heterocycles. The lowest BCUT2D eigenvalue weighted by Gasteiger charge is -2.41. The van der Waals surface area contributed by atoms with Crippen molar-refractivity contribution in [3.63, 3.8) is 0 Å². The van der Waals surface area contributed by atoms with Gasteiger partial charge < -0.3 is 10.2 Å². The SMILES string of the molecule is Cc1ccc(S(=O)(=O)C2CCN(S(=O)(=O)c3ccc(C)cc3)Cc3cccc(n3)C(=S(=O)=O)N(S(=O)(=O)c3ccc(C)cc3)C(CO)N2CO)cc1. The average Bonchev–Trinajstić information content (AvgIpc) is 3.10. The number of hydrogen-bond donors (Lipinski definition) is 2. The zero-order valence-corrected chi connectivity index (χ0v) is 31.7. The monoisotopic (exact) mass is 790 g/mol. The number of rotatable bonds is 8. The lowest BCUT2D eigenvalue weighted by Crippen LogP contribution is -2.60. The fourth-order valence-electron chi connectivity index (χ4n) is 5.84. The summed E-state index contributed by atoms with van der Waals surface area (Å²) in [6, 6.07) is 21.0. The molecule has 3 aromatic carbocycles. The Labute approximate surface area is 305 Å². The maximum absolute atomic E-state index is 14.5. The molecule has 0 radical (unpaired) electrons. The van der Waals surface area contributed by atoms with Crippen molar-refractivity contribution in [3.8, 4) is 0 Å². The van der Waals surface area contributed by atoms with E-state index in [1.165, 1.54) is 78.9 Å². The molecule has 1 aromatic heterocycles. The number of sulfone groups is 1. The molecule has 0 spiro atoms. The topological polar surface area (TPSA) is 200 Å². The highest BCUT2D eigenvalue weighted by atomic mass is 32.2. The van der Waals surface area contributed by atoms with Crippen LogP contribution in [-0.4, -0.2) is 98.8 Å². The van der Waals surface area contributed by atoms with Crippen LogP contribution in [0.1, 0.15) is 34.5 Å². The molecule has 0 aliphatic carbocycles. The molecule has 0 saturated heterocycles. The van der Waals surface area contributed by atoms with Gasteiger partial charge in [0.05, 0.1) is 46.0 Å². The molecular weight excluding hydrogens is 753 g/mol. The molecule has 2 atom stereocenters. The van der Waals surface area contributed by atoms with Gasteiger partial charge in [-0.05, 0) is 75.7 Å². The highest BCUT2D eigenvalue weighted by Gasteiger charge is 2.46. The van der Waals surface area contributed by atoms with Crippen molar-refractivity contribution >= 4 is 45.2 Å². The van der Waals surface area contributed by atoms with Gasteiger partial charge in [-0.2, -0.15) is 12.7 Å². The van der Waals surface area contributed by atoms with Gasteiger partial charge in [-0.3, -0.25) is 0 Å². The van der Waals surface area contributed by atoms with E-state index in [-0.39, 0.29) is 15.5 Å². The number of aromatic nitrogens is 1. The first kappa shape index (κ1) is 39.4. The zero-order valence-electron chi connectivity index (χ0n) is 28.4. The van der Waals surface area contributed by atoms with E-state index >= 15 is 0 Å². The van der Waals surface area contributed by atoms with Crippen LogP contribution in [0, 0.1) is 20.8 Å². The van der Waals surface area contributed by atoms with Gasteiger partial charge in [0.1, 0.15) is 11.5 Å². The molecule has 1 aliphatic rings. The molecule has 14 nitrogen and oxygen atoms in total. The lowest BCUT2D eigenvalue weighted by atomic mass is 10.2. The predicted octanol–water partition coefficient (Wildman–Crippen LogP) is 2.02. The van der Waals surface area contributed by atoms with Crippen molar-refractivity contribution in [2.24, 2.45) is 0 Å². The summed E-state index contributed by atoms with van der Waals surface area (Å²) in [7, 11) is -17.4. The molecule has 0 amide bonds. The number of hydrogen-bond acceptors (Lipinski definition) is 12. The van der Waals surface area contributed by atoms with Crippen molar-refractivity contribution in [1.29, 1.82) is 0 Å². The van der Waals surface area contributed by atoms with Crippen LogP contribution in [0.2, 0.25) is 0 Å². The summed E-state index contributed by atoms with van der Waals surface area (Å²) in [5, 5.41) is 20.0. The highest BCUT2D eigenvalue weighted by Crippen LogP contribution is 2.31. The van der Waals surface area contributed by atoms with Crippen LogP contribution in [0.4, 0.5) is 0 Å². The third-order valence-electron chi connectivity index (χ3n) is 8.64. The first-order valence-corrected chi connectivity index (χ1v) is 21.4. The second-order valence-corrected chi connectivity index (χ2v) is 19.0. The van der Waals surface area contributed by atoms with Crippen molar-refractivity contribution in [2.75, 3.05) is 19.9 Å². The molecule has 278 valence electrons. The summed E-state index contributed by atoms with van der Waals surface area (Å²) in [6.07, 6.45) is -2.63. The summed E-state index contributed by atoms with van der Waals surface area (Å²) < 4.78 is 114. The first-order valence-electron chi connectivity index (χ1n) is 15.9. The first-order chi connectivity index (χ1) is 24.5. The van der Waals surface area contributed by atoms with Crippen molar-refractivity contribution in [2.45, 2.75) is 60.0 Å². The van der Waals surface area contributed by atoms with Gasteiger partial charge in [0, 0.05) is 6.54 Å². The molecule has 2 bridgehead atoms. The Morgan fingerprint density at radius 2 is 1.21 bits per heavy atom. The van der Waals surface area contributed by atoms with E-state index in [4.69, 9.17) is 0 Å². The minimum absolute atomic E-state index is 0.0156. The largest absolute Gasteiger partial charge is 0.393 e. The minimum Gasteiger partial charge on any atom is -0.393 e. The molecule has 0 saturated carbocycles. The van der Waals surface area contributed by atoms with Gasteiger partial charge in [-0.25, -0.2) is 35.1 Å². The van der Waals surface area contributed by atoms with Gasteiger partial charge in [0.25, 0.3) is 0 Å². The third kappa shape index (κ3) is 7.90. The minimum atomic E-state index is -4.96. The molecule has 18 heteroatoms. The third-order valence-corrected chi connectivity index (χ3v) is 15.3. The van der Waals surface area contributed by atoms with E-state index in [0.29, 0.717) is 9.87 Å². The van der Waals surface area contributed by atoms with Crippen molar-refractivity contribution in [1.82, 2.24) is 18.5 Å². The number of aliphatic hydroxyl groups excluding tert-OH is 2. The van der Waals surface area contributed by atoms with E-state index < -0.39 is 100 Å². The summed E-state index contributed by atoms with van der Waals surface area (Å²) in [5.74, 6) is 0. The number of nitrogens with zero attached hydrogens (tertiary/aromatic N) is 4. The maximum atomic E-state index is 14.5. The van der Waals surface area contributed by atoms with E-state index in [1.54, 1.807) is 32.9 Å². The van der Waals surface area contributed by atoms with Crippen LogP contribution in [0.15, 0.2) is 106 Å². The lowest BCUT2D eigenvalue weighted by molar-refractivity contribution is -0.00421. The fraction of sp³-hybridized carbons (Fsp3) is 0.294. The van der Waals surface area contributed by atoms with E-state index in [2.05, 4.69) is 4.98 Å². The number of sulfonamides is 2. The molecule has 52 heavy (non-hydrogen) atoms. The summed E-state index contributed by atoms with van der Waals surface area (Å²) >= 11 is 0. The van der Waals surface area contributed by atoms with Crippen LogP contribution < -0.4 is 0 Å². The Balaban J connectivity index is 1.83. The Bertz CT molecular complexity index is 2400. The zero-order chi connectivity index (χ0) is 38.0. The number of benzene rings is 3. The summed E-state index contributed by atoms with van der Waals surface area (Å²) in [5.41, 5.74) is 1.77. The molecule has 4 aromatic rings. The predicted molar refractivity (Wildman–Crippen MR) is 193 cm³/mol. The second kappa shape index (κ2) is 15.6. The van der Waals surface area contributed by atoms with Crippen molar-refractivity contribution in [3.05, 3.63) is 119 Å². The van der Waals surface area contributed by atoms with E-state index in [0.717, 1.165) is 20.3 Å². The Kier molecular flexibility index (Phi) is 11.8. The molecule has 0 fully saturated rings. The van der Waals surface area contributed by atoms with Gasteiger partial charge in [-0.1, -0.05) is 59.2 Å². The Morgan fingerprint density at radius 3 is 1.69 bits per heavy atom. The molecule has 2 heterocycles. The molecule has 2 unspecified atom stereocenters. The maximum Gasteiger partial charge on any atom is 0.249 e. The van der Waals surface area contributed by atoms with E-state index in [1.807, 2.05) is 0 Å². The van der Waals surface area contributed by atoms with Gasteiger partial charge in [0.15, 0.2) is 14.8 Å². The Morgan fingerprint density at radius 1 is 0.712 bits per heavy atom. The fourth-order valence-corrected chi connectivity index (χ4v) is 11.6. The van der Waals surface area contributed by atoms with Crippen LogP contribution in [0.25, 0.3) is 0 Å². The molecule has 2 N–H and O–H groups in total. The van der Waals surface area contributed by atoms with Gasteiger partial charge >= 0.3 is 0 Å². The van der Waals surface area contributed by atoms with Crippen LogP contribution >= 0.6 is 0 Å². The summed E-state index contributed by atoms with van der Waals surface area (Å²) in [6.45, 7) is 1.85. The number of aryl methyl sites for hydroxylation is 3. The molecular formula is C34H38N4O10S4. The van der Waals surface area contributed by atoms with Crippen LogP contribution in [0.5, 0.6) is 0 Å². The van der Waals surface area contributed by atoms with Gasteiger partial charge in [0.2, 0.25) is 30.3 Å². The number of aliphatic hydroxyl groups is 2.